The number of carboxylic acids is 1. The number of carboxylic acid groups (broad SMARTS) is 1. The third kappa shape index (κ3) is 4.21. The smallest absolute Gasteiger partial charge is 0.307 e. The second-order valence-corrected chi connectivity index (χ2v) is 10.1. The average Bonchev–Trinajstić information content (AvgIpc) is 3.09. The Morgan fingerprint density at radius 3 is 2.41 bits per heavy atom. The molecule has 1 heterocycles. The SMILES string of the molecule is CCN(c1ccc(S(=O)(=O)c2c(F)ccc3c2=C(CC(=O)O)C(C)N=3)cc1)c1cccc(C)c1. The quantitative estimate of drug-likeness (QED) is 0.556. The van der Waals surface area contributed by atoms with Crippen molar-refractivity contribution in [2.45, 2.75) is 43.0 Å². The van der Waals surface area contributed by atoms with E-state index in [1.165, 1.54) is 18.2 Å². The van der Waals surface area contributed by atoms with Crippen LogP contribution >= 0.6 is 0 Å². The summed E-state index contributed by atoms with van der Waals surface area (Å²) in [5, 5.41) is 9.66. The van der Waals surface area contributed by atoms with Crippen molar-refractivity contribution in [2.24, 2.45) is 4.99 Å². The van der Waals surface area contributed by atoms with Crippen molar-refractivity contribution in [2.75, 3.05) is 11.4 Å². The van der Waals surface area contributed by atoms with Gasteiger partial charge >= 0.3 is 5.97 Å². The van der Waals surface area contributed by atoms with Crippen LogP contribution in [0.3, 0.4) is 0 Å². The summed E-state index contributed by atoms with van der Waals surface area (Å²) in [5.41, 5.74) is 3.17. The van der Waals surface area contributed by atoms with Crippen LogP contribution in [0.2, 0.25) is 0 Å². The normalized spacial score (nSPS) is 15.1. The van der Waals surface area contributed by atoms with Crippen LogP contribution < -0.4 is 15.5 Å². The molecule has 1 unspecified atom stereocenters. The van der Waals surface area contributed by atoms with E-state index in [4.69, 9.17) is 0 Å². The van der Waals surface area contributed by atoms with Crippen molar-refractivity contribution in [1.82, 2.24) is 0 Å². The molecule has 1 N–H and O–H groups in total. The summed E-state index contributed by atoms with van der Waals surface area (Å²) in [6.07, 6.45) is -0.412. The summed E-state index contributed by atoms with van der Waals surface area (Å²) < 4.78 is 42.1. The van der Waals surface area contributed by atoms with Crippen molar-refractivity contribution in [1.29, 1.82) is 0 Å². The average molecular weight is 481 g/mol. The number of hydrogen-bond acceptors (Lipinski definition) is 5. The molecule has 3 aromatic carbocycles. The topological polar surface area (TPSA) is 87.0 Å². The molecule has 4 rings (SSSR count). The number of benzene rings is 3. The van der Waals surface area contributed by atoms with E-state index in [0.29, 0.717) is 6.54 Å². The van der Waals surface area contributed by atoms with Crippen LogP contribution in [0.25, 0.3) is 5.57 Å². The number of fused-ring (bicyclic) bond motifs is 1. The van der Waals surface area contributed by atoms with Crippen LogP contribution in [0, 0.1) is 12.7 Å². The third-order valence-corrected chi connectivity index (χ3v) is 7.77. The van der Waals surface area contributed by atoms with Gasteiger partial charge < -0.3 is 10.0 Å². The predicted octanol–water partition coefficient (Wildman–Crippen LogP) is 3.77. The van der Waals surface area contributed by atoms with Gasteiger partial charge in [0, 0.05) is 23.1 Å². The Morgan fingerprint density at radius 2 is 1.79 bits per heavy atom. The van der Waals surface area contributed by atoms with Crippen LogP contribution in [-0.4, -0.2) is 32.1 Å². The minimum absolute atomic E-state index is 0.0638. The zero-order chi connectivity index (χ0) is 24.6. The molecule has 1 aliphatic heterocycles. The van der Waals surface area contributed by atoms with E-state index in [9.17, 15) is 22.7 Å². The maximum absolute atomic E-state index is 15.0. The van der Waals surface area contributed by atoms with Gasteiger partial charge in [-0.05, 0) is 80.4 Å². The lowest BCUT2D eigenvalue weighted by Crippen LogP contribution is -2.32. The zero-order valence-corrected chi connectivity index (χ0v) is 19.9. The number of sulfone groups is 1. The van der Waals surface area contributed by atoms with Crippen LogP contribution in [-0.2, 0) is 14.6 Å². The van der Waals surface area contributed by atoms with Crippen LogP contribution in [0.1, 0.15) is 25.8 Å². The lowest BCUT2D eigenvalue weighted by molar-refractivity contribution is -0.135. The molecule has 1 atom stereocenters. The minimum Gasteiger partial charge on any atom is -0.481 e. The number of carbonyl (C=O) groups is 1. The number of anilines is 2. The molecule has 3 aromatic rings. The van der Waals surface area contributed by atoms with Gasteiger partial charge in [-0.2, -0.15) is 0 Å². The van der Waals surface area contributed by atoms with E-state index >= 15 is 0 Å². The molecule has 0 fully saturated rings. The molecule has 0 bridgehead atoms. The van der Waals surface area contributed by atoms with Gasteiger partial charge in [-0.15, -0.1) is 0 Å². The predicted molar refractivity (Wildman–Crippen MR) is 128 cm³/mol. The molecule has 0 aliphatic carbocycles. The van der Waals surface area contributed by atoms with Crippen molar-refractivity contribution >= 4 is 32.8 Å². The summed E-state index contributed by atoms with van der Waals surface area (Å²) >= 11 is 0. The first kappa shape index (κ1) is 23.6. The number of aliphatic carboxylic acids is 1. The lowest BCUT2D eigenvalue weighted by atomic mass is 10.0. The molecule has 0 saturated heterocycles. The maximum atomic E-state index is 15.0. The maximum Gasteiger partial charge on any atom is 0.307 e. The van der Waals surface area contributed by atoms with Crippen LogP contribution in [0.15, 0.2) is 75.4 Å². The lowest BCUT2D eigenvalue weighted by Gasteiger charge is -2.24. The number of rotatable bonds is 7. The monoisotopic (exact) mass is 480 g/mol. The molecule has 0 radical (unpaired) electrons. The fourth-order valence-electron chi connectivity index (χ4n) is 4.36. The van der Waals surface area contributed by atoms with Gasteiger partial charge in [0.2, 0.25) is 9.84 Å². The Labute approximate surface area is 197 Å². The molecule has 0 saturated carbocycles. The highest BCUT2D eigenvalue weighted by Gasteiger charge is 2.29. The first-order valence-electron chi connectivity index (χ1n) is 10.9. The van der Waals surface area contributed by atoms with E-state index in [1.54, 1.807) is 19.1 Å². The Hall–Kier alpha value is -3.52. The molecule has 6 nitrogen and oxygen atoms in total. The van der Waals surface area contributed by atoms with Gasteiger partial charge in [0.05, 0.1) is 22.7 Å². The molecule has 34 heavy (non-hydrogen) atoms. The van der Waals surface area contributed by atoms with E-state index in [2.05, 4.69) is 4.99 Å². The Bertz CT molecular complexity index is 1500. The number of aryl methyl sites for hydroxylation is 1. The highest BCUT2D eigenvalue weighted by molar-refractivity contribution is 7.91. The summed E-state index contributed by atoms with van der Waals surface area (Å²) in [7, 11) is -4.27. The number of hydrogen-bond donors (Lipinski definition) is 1. The van der Waals surface area contributed by atoms with Crippen molar-refractivity contribution in [3.8, 4) is 0 Å². The highest BCUT2D eigenvalue weighted by atomic mass is 32.2. The van der Waals surface area contributed by atoms with Gasteiger partial charge in [-0.25, -0.2) is 12.8 Å². The number of halogens is 1. The summed E-state index contributed by atoms with van der Waals surface area (Å²) in [6.45, 7) is 6.35. The van der Waals surface area contributed by atoms with Gasteiger partial charge in [-0.1, -0.05) is 12.1 Å². The van der Waals surface area contributed by atoms with Crippen molar-refractivity contribution < 1.29 is 22.7 Å². The summed E-state index contributed by atoms with van der Waals surface area (Å²) in [6, 6.07) is 16.2. The Kier molecular flexibility index (Phi) is 6.27. The van der Waals surface area contributed by atoms with Gasteiger partial charge in [-0.3, -0.25) is 9.79 Å². The third-order valence-electron chi connectivity index (χ3n) is 5.94. The number of nitrogens with zero attached hydrogens (tertiary/aromatic N) is 2. The molecule has 0 aromatic heterocycles. The fourth-order valence-corrected chi connectivity index (χ4v) is 5.91. The minimum atomic E-state index is -4.27. The standard InChI is InChI=1S/C26H25FN2O4S/c1-4-29(19-7-5-6-16(2)14-19)18-8-10-20(11-9-18)34(32,33)26-22(27)12-13-23-25(26)21(15-24(30)31)17(3)28-23/h5-14,17H,4,15H2,1-3H3,(H,30,31). The van der Waals surface area contributed by atoms with Gasteiger partial charge in [0.1, 0.15) is 10.7 Å². The van der Waals surface area contributed by atoms with Crippen LogP contribution in [0.4, 0.5) is 15.8 Å². The van der Waals surface area contributed by atoms with Crippen molar-refractivity contribution in [3.05, 3.63) is 82.6 Å². The fraction of sp³-hybridized carbons (Fsp3) is 0.231. The second-order valence-electron chi connectivity index (χ2n) is 8.25. The Balaban J connectivity index is 1.82. The van der Waals surface area contributed by atoms with Gasteiger partial charge in [0.25, 0.3) is 0 Å². The molecule has 176 valence electrons. The summed E-state index contributed by atoms with van der Waals surface area (Å²) in [5.74, 6) is -2.05. The van der Waals surface area contributed by atoms with Crippen LogP contribution in [0.5, 0.6) is 0 Å². The van der Waals surface area contributed by atoms with E-state index in [-0.39, 0.29) is 21.0 Å². The van der Waals surface area contributed by atoms with E-state index < -0.39 is 39.0 Å². The zero-order valence-electron chi connectivity index (χ0n) is 19.1. The summed E-state index contributed by atoms with van der Waals surface area (Å²) in [4.78, 5) is 17.2. The molecule has 0 amide bonds. The first-order chi connectivity index (χ1) is 16.1. The molecule has 1 aliphatic rings. The Morgan fingerprint density at radius 1 is 1.09 bits per heavy atom. The second kappa shape index (κ2) is 9.02. The first-order valence-corrected chi connectivity index (χ1v) is 12.4. The highest BCUT2D eigenvalue weighted by Crippen LogP contribution is 2.29. The largest absolute Gasteiger partial charge is 0.481 e. The van der Waals surface area contributed by atoms with Gasteiger partial charge in [0.15, 0.2) is 0 Å². The molecular weight excluding hydrogens is 455 g/mol. The molecular formula is C26H25FN2O4S. The molecule has 8 heteroatoms. The van der Waals surface area contributed by atoms with E-state index in [0.717, 1.165) is 23.0 Å². The van der Waals surface area contributed by atoms with Crippen molar-refractivity contribution in [3.63, 3.8) is 0 Å². The van der Waals surface area contributed by atoms with E-state index in [1.807, 2.05) is 43.0 Å². The molecule has 0 spiro atoms.